The molecule has 0 N–H and O–H groups in total. The number of carbonyl (C=O) groups excluding carboxylic acids is 3. The van der Waals surface area contributed by atoms with Gasteiger partial charge in [-0.1, -0.05) is 234 Å². The number of esters is 3. The molecule has 0 aliphatic rings. The van der Waals surface area contributed by atoms with E-state index in [-0.39, 0.29) is 31.6 Å². The van der Waals surface area contributed by atoms with Crippen LogP contribution in [-0.4, -0.2) is 37.2 Å². The summed E-state index contributed by atoms with van der Waals surface area (Å²) in [5, 5.41) is 0. The first-order chi connectivity index (χ1) is 32.0. The van der Waals surface area contributed by atoms with Crippen molar-refractivity contribution in [2.75, 3.05) is 13.2 Å². The Labute approximate surface area is 401 Å². The number of allylic oxidation sites excluding steroid dienone is 14. The molecule has 6 nitrogen and oxygen atoms in total. The number of hydrogen-bond donors (Lipinski definition) is 0. The lowest BCUT2D eigenvalue weighted by molar-refractivity contribution is -0.166. The van der Waals surface area contributed by atoms with Crippen molar-refractivity contribution in [3.63, 3.8) is 0 Å². The van der Waals surface area contributed by atoms with E-state index in [4.69, 9.17) is 14.2 Å². The summed E-state index contributed by atoms with van der Waals surface area (Å²) in [5.41, 5.74) is 0. The van der Waals surface area contributed by atoms with Gasteiger partial charge in [0.05, 0.1) is 0 Å². The number of rotatable bonds is 48. The van der Waals surface area contributed by atoms with Gasteiger partial charge >= 0.3 is 17.9 Å². The maximum Gasteiger partial charge on any atom is 0.306 e. The number of unbranched alkanes of at least 4 members (excludes halogenated alkanes) is 23. The fourth-order valence-corrected chi connectivity index (χ4v) is 7.35. The first-order valence-corrected chi connectivity index (χ1v) is 27.1. The highest BCUT2D eigenvalue weighted by molar-refractivity contribution is 5.71. The second kappa shape index (κ2) is 53.2. The van der Waals surface area contributed by atoms with Crippen LogP contribution in [0.3, 0.4) is 0 Å². The molecular weight excluding hydrogens is 805 g/mol. The summed E-state index contributed by atoms with van der Waals surface area (Å²) >= 11 is 0. The van der Waals surface area contributed by atoms with Crippen LogP contribution in [-0.2, 0) is 28.6 Å². The van der Waals surface area contributed by atoms with E-state index in [0.717, 1.165) is 77.0 Å². The third-order valence-electron chi connectivity index (χ3n) is 11.4. The molecule has 0 aliphatic heterocycles. The molecule has 0 aromatic heterocycles. The quantitative estimate of drug-likeness (QED) is 0.0262. The van der Waals surface area contributed by atoms with Gasteiger partial charge in [0, 0.05) is 19.3 Å². The van der Waals surface area contributed by atoms with Crippen LogP contribution in [0.2, 0.25) is 0 Å². The van der Waals surface area contributed by atoms with Gasteiger partial charge < -0.3 is 14.2 Å². The Morgan fingerprint density at radius 3 is 1.00 bits per heavy atom. The highest BCUT2D eigenvalue weighted by Gasteiger charge is 2.19. The van der Waals surface area contributed by atoms with Gasteiger partial charge in [-0.25, -0.2) is 0 Å². The van der Waals surface area contributed by atoms with Crippen molar-refractivity contribution in [1.82, 2.24) is 0 Å². The summed E-state index contributed by atoms with van der Waals surface area (Å²) in [5.74, 6) is -0.994. The second-order valence-corrected chi connectivity index (χ2v) is 17.8. The molecule has 6 heteroatoms. The molecule has 0 bridgehead atoms. The average Bonchev–Trinajstić information content (AvgIpc) is 3.30. The standard InChI is InChI=1S/C59H100O6/c1-4-7-10-13-16-19-22-24-26-28-29-31-33-35-38-41-44-47-50-53-59(62)65-56(54-63-57(60)51-48-45-42-39-36-21-18-15-12-9-6-3)55-64-58(61)52-49-46-43-40-37-34-32-30-27-25-23-20-17-14-11-8-5-2/h7,10,16,19,24-27,29,31,35,38,44,47,56H,4-6,8-9,11-15,17-18,20-23,28,30,32-34,36-37,39-43,45-46,48-55H2,1-3H3/b10-7-,19-16-,26-24-,27-25-,31-29-,38-35-,47-44-/t56-/m0/s1. The summed E-state index contributed by atoms with van der Waals surface area (Å²) in [7, 11) is 0. The molecule has 0 aliphatic carbocycles. The largest absolute Gasteiger partial charge is 0.462 e. The average molecular weight is 905 g/mol. The molecule has 0 aromatic rings. The third kappa shape index (κ3) is 51.4. The summed E-state index contributed by atoms with van der Waals surface area (Å²) < 4.78 is 16.7. The van der Waals surface area contributed by atoms with E-state index in [9.17, 15) is 14.4 Å². The molecule has 0 amide bonds. The molecule has 0 aromatic carbocycles. The lowest BCUT2D eigenvalue weighted by Crippen LogP contribution is -2.30. The number of carbonyl (C=O) groups is 3. The van der Waals surface area contributed by atoms with Gasteiger partial charge in [0.2, 0.25) is 0 Å². The van der Waals surface area contributed by atoms with E-state index < -0.39 is 12.1 Å². The van der Waals surface area contributed by atoms with Gasteiger partial charge in [0.15, 0.2) is 6.10 Å². The van der Waals surface area contributed by atoms with Gasteiger partial charge in [-0.3, -0.25) is 14.4 Å². The van der Waals surface area contributed by atoms with Gasteiger partial charge in [-0.05, 0) is 83.5 Å². The van der Waals surface area contributed by atoms with Crippen molar-refractivity contribution >= 4 is 17.9 Å². The van der Waals surface area contributed by atoms with Crippen LogP contribution < -0.4 is 0 Å². The minimum absolute atomic E-state index is 0.106. The summed E-state index contributed by atoms with van der Waals surface area (Å²) in [6.07, 6.45) is 68.7. The monoisotopic (exact) mass is 905 g/mol. The SMILES string of the molecule is CC/C=C\C/C=C\C/C=C\C/C=C\C/C=C\C/C=C\CCC(=O)O[C@H](COC(=O)CCCCCCCCC/C=C\CCCCCCCC)COC(=O)CCCCCCCCCCCCC. The maximum absolute atomic E-state index is 12.8. The lowest BCUT2D eigenvalue weighted by Gasteiger charge is -2.18. The van der Waals surface area contributed by atoms with E-state index in [1.54, 1.807) is 0 Å². The zero-order valence-corrected chi connectivity index (χ0v) is 42.5. The third-order valence-corrected chi connectivity index (χ3v) is 11.4. The zero-order chi connectivity index (χ0) is 47.2. The van der Waals surface area contributed by atoms with Crippen molar-refractivity contribution in [2.24, 2.45) is 0 Å². The fourth-order valence-electron chi connectivity index (χ4n) is 7.35. The molecule has 0 fully saturated rings. The van der Waals surface area contributed by atoms with E-state index in [0.29, 0.717) is 19.3 Å². The first kappa shape index (κ1) is 61.6. The van der Waals surface area contributed by atoms with Crippen LogP contribution in [0.5, 0.6) is 0 Å². The lowest BCUT2D eigenvalue weighted by atomic mass is 10.1. The van der Waals surface area contributed by atoms with E-state index in [1.807, 2.05) is 6.08 Å². The summed E-state index contributed by atoms with van der Waals surface area (Å²) in [6, 6.07) is 0. The van der Waals surface area contributed by atoms with E-state index >= 15 is 0 Å². The van der Waals surface area contributed by atoms with E-state index in [2.05, 4.69) is 99.8 Å². The number of ether oxygens (including phenoxy) is 3. The molecule has 0 saturated carbocycles. The number of hydrogen-bond acceptors (Lipinski definition) is 6. The molecule has 0 spiro atoms. The molecule has 0 saturated heterocycles. The molecule has 0 radical (unpaired) electrons. The first-order valence-electron chi connectivity index (χ1n) is 27.1. The topological polar surface area (TPSA) is 78.9 Å². The van der Waals surface area contributed by atoms with Gasteiger partial charge in [-0.15, -0.1) is 0 Å². The predicted molar refractivity (Wildman–Crippen MR) is 279 cm³/mol. The van der Waals surface area contributed by atoms with Crippen LogP contribution in [0.25, 0.3) is 0 Å². The molecule has 65 heavy (non-hydrogen) atoms. The van der Waals surface area contributed by atoms with Crippen LogP contribution in [0.15, 0.2) is 85.1 Å². The normalized spacial score (nSPS) is 12.7. The highest BCUT2D eigenvalue weighted by atomic mass is 16.6. The minimum atomic E-state index is -0.816. The molecular formula is C59H100O6. The molecule has 0 unspecified atom stereocenters. The summed E-state index contributed by atoms with van der Waals surface area (Å²) in [4.78, 5) is 38.0. The van der Waals surface area contributed by atoms with Crippen LogP contribution in [0, 0.1) is 0 Å². The van der Waals surface area contributed by atoms with E-state index in [1.165, 1.54) is 128 Å². The summed E-state index contributed by atoms with van der Waals surface area (Å²) in [6.45, 7) is 6.45. The highest BCUT2D eigenvalue weighted by Crippen LogP contribution is 2.14. The predicted octanol–water partition coefficient (Wildman–Crippen LogP) is 18.0. The zero-order valence-electron chi connectivity index (χ0n) is 42.5. The maximum atomic E-state index is 12.8. The molecule has 0 rings (SSSR count). The van der Waals surface area contributed by atoms with Gasteiger partial charge in [0.1, 0.15) is 13.2 Å². The Kier molecular flexibility index (Phi) is 50.4. The van der Waals surface area contributed by atoms with Crippen molar-refractivity contribution in [3.05, 3.63) is 85.1 Å². The Morgan fingerprint density at radius 2 is 0.631 bits per heavy atom. The minimum Gasteiger partial charge on any atom is -0.462 e. The molecule has 1 atom stereocenters. The Bertz CT molecular complexity index is 1270. The van der Waals surface area contributed by atoms with Crippen molar-refractivity contribution in [2.45, 2.75) is 258 Å². The molecule has 0 heterocycles. The Hall–Kier alpha value is -3.41. The van der Waals surface area contributed by atoms with Crippen molar-refractivity contribution < 1.29 is 28.6 Å². The Morgan fingerprint density at radius 1 is 0.323 bits per heavy atom. The molecule has 372 valence electrons. The Balaban J connectivity index is 4.48. The second-order valence-electron chi connectivity index (χ2n) is 17.8. The van der Waals surface area contributed by atoms with Crippen molar-refractivity contribution in [1.29, 1.82) is 0 Å². The fraction of sp³-hybridized carbons (Fsp3) is 0.712. The van der Waals surface area contributed by atoms with Gasteiger partial charge in [-0.2, -0.15) is 0 Å². The van der Waals surface area contributed by atoms with Crippen molar-refractivity contribution in [3.8, 4) is 0 Å². The van der Waals surface area contributed by atoms with Gasteiger partial charge in [0.25, 0.3) is 0 Å². The smallest absolute Gasteiger partial charge is 0.306 e. The van der Waals surface area contributed by atoms with Crippen LogP contribution in [0.1, 0.15) is 252 Å². The van der Waals surface area contributed by atoms with Crippen LogP contribution >= 0.6 is 0 Å². The van der Waals surface area contributed by atoms with Crippen LogP contribution in [0.4, 0.5) is 0 Å².